The van der Waals surface area contributed by atoms with Gasteiger partial charge in [0.05, 0.1) is 29.1 Å². The number of hydrogen-bond acceptors (Lipinski definition) is 8. The van der Waals surface area contributed by atoms with Crippen LogP contribution in [-0.2, 0) is 33.4 Å². The number of carbonyl (C=O) groups is 1. The van der Waals surface area contributed by atoms with Crippen LogP contribution in [0.3, 0.4) is 0 Å². The first-order valence-electron chi connectivity index (χ1n) is 14.5. The van der Waals surface area contributed by atoms with Crippen LogP contribution in [0.25, 0.3) is 0 Å². The molecule has 2 aliphatic rings. The van der Waals surface area contributed by atoms with Crippen molar-refractivity contribution in [2.75, 3.05) is 13.2 Å². The van der Waals surface area contributed by atoms with Gasteiger partial charge in [0.2, 0.25) is 0 Å². The van der Waals surface area contributed by atoms with E-state index in [2.05, 4.69) is 31.9 Å². The largest absolute Gasteiger partial charge is 0.393 e. The van der Waals surface area contributed by atoms with Gasteiger partial charge in [0.15, 0.2) is 0 Å². The normalized spacial score (nSPS) is 17.7. The molecule has 0 saturated heterocycles. The van der Waals surface area contributed by atoms with Crippen molar-refractivity contribution in [1.29, 1.82) is 0 Å². The summed E-state index contributed by atoms with van der Waals surface area (Å²) >= 11 is 6.51. The van der Waals surface area contributed by atoms with Crippen molar-refractivity contribution in [2.24, 2.45) is 11.8 Å². The average molecular weight is 753 g/mol. The van der Waals surface area contributed by atoms with E-state index in [1.807, 2.05) is 0 Å². The number of benzene rings is 2. The molecule has 234 valence electrons. The van der Waals surface area contributed by atoms with Crippen LogP contribution in [0.4, 0.5) is 0 Å². The maximum absolute atomic E-state index is 12.0. The first-order chi connectivity index (χ1) is 20.0. The molecule has 2 saturated carbocycles. The van der Waals surface area contributed by atoms with Crippen LogP contribution in [0, 0.1) is 11.8 Å². The summed E-state index contributed by atoms with van der Waals surface area (Å²) in [4.78, 5) is 12.2. The molecule has 8 nitrogen and oxygen atoms in total. The molecule has 2 aromatic carbocycles. The molecule has 4 rings (SSSR count). The molecule has 0 spiro atoms. The molecule has 0 aliphatic heterocycles. The highest BCUT2D eigenvalue weighted by atomic mass is 79.9. The fourth-order valence-electron chi connectivity index (χ4n) is 5.25. The molecular formula is C30H40Br2O8S2. The molecule has 0 bridgehead atoms. The van der Waals surface area contributed by atoms with Gasteiger partial charge in [0.25, 0.3) is 20.2 Å². The maximum atomic E-state index is 12.0. The minimum absolute atomic E-state index is 0.0239. The third-order valence-corrected chi connectivity index (χ3v) is 11.4. The van der Waals surface area contributed by atoms with Crippen molar-refractivity contribution in [3.05, 3.63) is 57.5 Å². The lowest BCUT2D eigenvalue weighted by atomic mass is 9.84. The van der Waals surface area contributed by atoms with E-state index < -0.39 is 26.3 Å². The molecule has 0 radical (unpaired) electrons. The zero-order valence-corrected chi connectivity index (χ0v) is 28.4. The minimum Gasteiger partial charge on any atom is -0.393 e. The second-order valence-corrected chi connectivity index (χ2v) is 15.8. The molecule has 0 heterocycles. The minimum atomic E-state index is -3.78. The second-order valence-electron chi connectivity index (χ2n) is 10.8. The van der Waals surface area contributed by atoms with Gasteiger partial charge in [-0.25, -0.2) is 0 Å². The molecule has 0 amide bonds. The number of Topliss-reactive ketones (excluding diaryl/α,β-unsaturated/α-hetero) is 1. The Labute approximate surface area is 267 Å². The van der Waals surface area contributed by atoms with Crippen LogP contribution in [0.5, 0.6) is 0 Å². The molecule has 2 aromatic rings. The number of halogens is 2. The summed E-state index contributed by atoms with van der Waals surface area (Å²) in [5, 5.41) is 10.1. The second kappa shape index (κ2) is 17.4. The fraction of sp³-hybridized carbons (Fsp3) is 0.567. The number of rotatable bonds is 12. The highest BCUT2D eigenvalue weighted by Crippen LogP contribution is 2.28. The van der Waals surface area contributed by atoms with Gasteiger partial charge in [-0.2, -0.15) is 16.8 Å². The van der Waals surface area contributed by atoms with E-state index in [1.165, 1.54) is 37.1 Å². The van der Waals surface area contributed by atoms with E-state index in [9.17, 15) is 26.7 Å². The molecule has 2 fully saturated rings. The Morgan fingerprint density at radius 1 is 0.714 bits per heavy atom. The summed E-state index contributed by atoms with van der Waals surface area (Å²) in [5.41, 5.74) is 0. The van der Waals surface area contributed by atoms with Crippen LogP contribution >= 0.6 is 31.9 Å². The maximum Gasteiger partial charge on any atom is 0.296 e. The predicted octanol–water partition coefficient (Wildman–Crippen LogP) is 7.18. The van der Waals surface area contributed by atoms with Crippen LogP contribution in [0.2, 0.25) is 0 Å². The Hall–Kier alpha value is -1.15. The van der Waals surface area contributed by atoms with Crippen molar-refractivity contribution >= 4 is 57.9 Å². The zero-order valence-electron chi connectivity index (χ0n) is 23.6. The fourth-order valence-corrected chi connectivity index (χ4v) is 7.61. The van der Waals surface area contributed by atoms with Crippen molar-refractivity contribution < 1.29 is 35.1 Å². The van der Waals surface area contributed by atoms with Crippen LogP contribution in [0.15, 0.2) is 67.3 Å². The Morgan fingerprint density at radius 3 is 1.62 bits per heavy atom. The smallest absolute Gasteiger partial charge is 0.296 e. The third-order valence-electron chi connectivity index (χ3n) is 7.70. The summed E-state index contributed by atoms with van der Waals surface area (Å²) < 4.78 is 59.4. The topological polar surface area (TPSA) is 124 Å². The quantitative estimate of drug-likeness (QED) is 0.226. The SMILES string of the molecule is O=C(CCOS(=O)(=O)c1ccc(Br)cc1)C1CCCCC1.O=S(=O)(OCCC(O)C1CCCCC1)c1ccc(Br)cc1. The Morgan fingerprint density at radius 2 is 1.14 bits per heavy atom. The van der Waals surface area contributed by atoms with Crippen LogP contribution < -0.4 is 0 Å². The van der Waals surface area contributed by atoms with Crippen molar-refractivity contribution in [1.82, 2.24) is 0 Å². The molecule has 1 N–H and O–H groups in total. The van der Waals surface area contributed by atoms with E-state index in [4.69, 9.17) is 8.37 Å². The van der Waals surface area contributed by atoms with Gasteiger partial charge in [0.1, 0.15) is 5.78 Å². The van der Waals surface area contributed by atoms with Gasteiger partial charge in [-0.3, -0.25) is 13.2 Å². The predicted molar refractivity (Wildman–Crippen MR) is 168 cm³/mol. The van der Waals surface area contributed by atoms with Gasteiger partial charge in [-0.15, -0.1) is 0 Å². The molecule has 0 aromatic heterocycles. The number of aliphatic hydroxyl groups excluding tert-OH is 1. The standard InChI is InChI=1S/C15H21BrO4S.C15H19BrO4S/c2*16-13-6-8-14(9-7-13)21(18,19)20-11-10-15(17)12-4-2-1-3-5-12/h6-9,12,15,17H,1-5,10-11H2;6-9,12H,1-5,10-11H2. The number of hydrogen-bond donors (Lipinski definition) is 1. The van der Waals surface area contributed by atoms with Crippen LogP contribution in [-0.4, -0.2) is 47.0 Å². The third kappa shape index (κ3) is 11.7. The highest BCUT2D eigenvalue weighted by molar-refractivity contribution is 9.10. The van der Waals surface area contributed by atoms with Gasteiger partial charge in [0, 0.05) is 21.3 Å². The molecule has 42 heavy (non-hydrogen) atoms. The van der Waals surface area contributed by atoms with E-state index in [1.54, 1.807) is 24.3 Å². The number of aliphatic hydroxyl groups is 1. The number of carbonyl (C=O) groups excluding carboxylic acids is 1. The summed E-state index contributed by atoms with van der Waals surface area (Å²) in [6.07, 6.45) is 10.9. The van der Waals surface area contributed by atoms with E-state index in [0.29, 0.717) is 6.42 Å². The molecule has 12 heteroatoms. The van der Waals surface area contributed by atoms with Gasteiger partial charge in [-0.1, -0.05) is 70.4 Å². The highest BCUT2D eigenvalue weighted by Gasteiger charge is 2.24. The summed E-state index contributed by atoms with van der Waals surface area (Å²) in [6, 6.07) is 12.5. The average Bonchev–Trinajstić information content (AvgIpc) is 2.98. The Balaban J connectivity index is 0.000000230. The summed E-state index contributed by atoms with van der Waals surface area (Å²) in [6.45, 7) is -0.0518. The molecular weight excluding hydrogens is 712 g/mol. The van der Waals surface area contributed by atoms with Crippen molar-refractivity contribution in [3.63, 3.8) is 0 Å². The summed E-state index contributed by atoms with van der Waals surface area (Å²) in [5.74, 6) is 0.510. The molecule has 1 unspecified atom stereocenters. The lowest BCUT2D eigenvalue weighted by Crippen LogP contribution is -2.24. The number of ketones is 1. The van der Waals surface area contributed by atoms with E-state index in [-0.39, 0.29) is 47.0 Å². The van der Waals surface area contributed by atoms with Crippen LogP contribution in [0.1, 0.15) is 77.0 Å². The lowest BCUT2D eigenvalue weighted by molar-refractivity contribution is -0.124. The monoisotopic (exact) mass is 750 g/mol. The van der Waals surface area contributed by atoms with Crippen molar-refractivity contribution in [2.45, 2.75) is 92.9 Å². The summed E-state index contributed by atoms with van der Waals surface area (Å²) in [7, 11) is -7.51. The van der Waals surface area contributed by atoms with Gasteiger partial charge >= 0.3 is 0 Å². The zero-order chi connectivity index (χ0) is 30.6. The van der Waals surface area contributed by atoms with E-state index >= 15 is 0 Å². The van der Waals surface area contributed by atoms with E-state index in [0.717, 1.165) is 60.3 Å². The van der Waals surface area contributed by atoms with Crippen molar-refractivity contribution in [3.8, 4) is 0 Å². The molecule has 2 aliphatic carbocycles. The van der Waals surface area contributed by atoms with Gasteiger partial charge in [-0.05, 0) is 86.6 Å². The lowest BCUT2D eigenvalue weighted by Gasteiger charge is -2.26. The molecule has 1 atom stereocenters. The first kappa shape index (κ1) is 35.3. The van der Waals surface area contributed by atoms with Gasteiger partial charge < -0.3 is 5.11 Å². The Bertz CT molecular complexity index is 1320. The Kier molecular flexibility index (Phi) is 14.6. The first-order valence-corrected chi connectivity index (χ1v) is 18.9.